The molecule has 0 amide bonds. The Morgan fingerprint density at radius 2 is 1.72 bits per heavy atom. The number of benzene rings is 2. The third-order valence-electron chi connectivity index (χ3n) is 3.54. The molecule has 0 unspecified atom stereocenters. The Morgan fingerprint density at radius 3 is 2.36 bits per heavy atom. The predicted octanol–water partition coefficient (Wildman–Crippen LogP) is 4.04. The average Bonchev–Trinajstić information content (AvgIpc) is 3.05. The highest BCUT2D eigenvalue weighted by molar-refractivity contribution is 5.80. The van der Waals surface area contributed by atoms with Gasteiger partial charge in [0.2, 0.25) is 5.89 Å². The van der Waals surface area contributed by atoms with Crippen molar-refractivity contribution in [3.63, 3.8) is 0 Å². The van der Waals surface area contributed by atoms with E-state index in [1.807, 2.05) is 37.3 Å². The minimum absolute atomic E-state index is 0.105. The van der Waals surface area contributed by atoms with Crippen molar-refractivity contribution in [1.29, 1.82) is 15.8 Å². The second kappa shape index (κ2) is 6.58. The largest absolute Gasteiger partial charge is 0.436 e. The maximum absolute atomic E-state index is 9.10. The molecule has 6 nitrogen and oxygen atoms in total. The number of oxazole rings is 1. The number of fused-ring (bicyclic) bond motifs is 1. The molecule has 0 saturated heterocycles. The highest BCUT2D eigenvalue weighted by Crippen LogP contribution is 2.27. The number of aryl methyl sites for hydroxylation is 1. The molecule has 118 valence electrons. The van der Waals surface area contributed by atoms with Crippen molar-refractivity contribution in [3.05, 3.63) is 59.3 Å². The highest BCUT2D eigenvalue weighted by atomic mass is 16.3. The van der Waals surface area contributed by atoms with Gasteiger partial charge in [0.05, 0.1) is 0 Å². The maximum atomic E-state index is 9.10. The number of nitriles is 3. The number of anilines is 1. The van der Waals surface area contributed by atoms with E-state index < -0.39 is 0 Å². The summed E-state index contributed by atoms with van der Waals surface area (Å²) in [5.74, 6) is 0.498. The lowest BCUT2D eigenvalue weighted by atomic mass is 10.1. The van der Waals surface area contributed by atoms with E-state index in [0.717, 1.165) is 11.1 Å². The fourth-order valence-corrected chi connectivity index (χ4v) is 2.25. The fourth-order valence-electron chi connectivity index (χ4n) is 2.25. The minimum Gasteiger partial charge on any atom is -0.436 e. The van der Waals surface area contributed by atoms with E-state index in [1.165, 1.54) is 0 Å². The summed E-state index contributed by atoms with van der Waals surface area (Å²) in [6, 6.07) is 18.1. The number of aromatic nitrogens is 1. The zero-order valence-electron chi connectivity index (χ0n) is 13.2. The second-order valence-corrected chi connectivity index (χ2v) is 5.28. The van der Waals surface area contributed by atoms with Gasteiger partial charge >= 0.3 is 0 Å². The summed E-state index contributed by atoms with van der Waals surface area (Å²) in [5, 5.41) is 29.6. The van der Waals surface area contributed by atoms with Gasteiger partial charge in [-0.1, -0.05) is 17.7 Å². The van der Waals surface area contributed by atoms with E-state index in [2.05, 4.69) is 10.3 Å². The van der Waals surface area contributed by atoms with Crippen LogP contribution in [0.4, 0.5) is 5.69 Å². The van der Waals surface area contributed by atoms with Crippen LogP contribution in [0.3, 0.4) is 0 Å². The molecule has 3 aromatic rings. The SMILES string of the molecule is Cc1ccc(-c2nc3cc(NC(C#N)=C(C#N)C#N)ccc3o2)cc1. The lowest BCUT2D eigenvalue weighted by Crippen LogP contribution is -2.00. The molecule has 1 N–H and O–H groups in total. The topological polar surface area (TPSA) is 109 Å². The zero-order chi connectivity index (χ0) is 17.8. The molecule has 1 heterocycles. The van der Waals surface area contributed by atoms with Gasteiger partial charge in [-0.05, 0) is 37.3 Å². The van der Waals surface area contributed by atoms with Gasteiger partial charge in [0.1, 0.15) is 29.4 Å². The summed E-state index contributed by atoms with van der Waals surface area (Å²) in [7, 11) is 0. The monoisotopic (exact) mass is 325 g/mol. The molecule has 0 aliphatic rings. The predicted molar refractivity (Wildman–Crippen MR) is 91.7 cm³/mol. The number of allylic oxidation sites excluding steroid dienone is 2. The van der Waals surface area contributed by atoms with Crippen LogP contribution in [0.2, 0.25) is 0 Å². The van der Waals surface area contributed by atoms with Crippen molar-refractivity contribution in [1.82, 2.24) is 4.98 Å². The number of nitrogens with zero attached hydrogens (tertiary/aromatic N) is 4. The summed E-state index contributed by atoms with van der Waals surface area (Å²) in [6.45, 7) is 2.00. The smallest absolute Gasteiger partial charge is 0.227 e. The van der Waals surface area contributed by atoms with Crippen LogP contribution < -0.4 is 5.32 Å². The van der Waals surface area contributed by atoms with Gasteiger partial charge in [0.25, 0.3) is 0 Å². The number of rotatable bonds is 3. The first-order valence-electron chi connectivity index (χ1n) is 7.34. The number of nitrogens with one attached hydrogen (secondary N) is 1. The first-order valence-corrected chi connectivity index (χ1v) is 7.34. The van der Waals surface area contributed by atoms with Crippen LogP contribution in [0.15, 0.2) is 58.2 Å². The first-order chi connectivity index (χ1) is 12.1. The quantitative estimate of drug-likeness (QED) is 0.728. The van der Waals surface area contributed by atoms with Crippen molar-refractivity contribution in [2.75, 3.05) is 5.32 Å². The van der Waals surface area contributed by atoms with Crippen LogP contribution in [0.25, 0.3) is 22.6 Å². The van der Waals surface area contributed by atoms with Gasteiger partial charge in [-0.25, -0.2) is 4.98 Å². The number of hydrogen-bond donors (Lipinski definition) is 1. The Morgan fingerprint density at radius 1 is 1.00 bits per heavy atom. The van der Waals surface area contributed by atoms with Crippen LogP contribution in [-0.2, 0) is 0 Å². The Hall–Kier alpha value is -4.08. The van der Waals surface area contributed by atoms with Gasteiger partial charge in [0.15, 0.2) is 11.2 Å². The standard InChI is InChI=1S/C19H11N5O/c1-12-2-4-13(5-3-12)19-24-16-8-15(6-7-18(16)25-19)23-17(11-22)14(9-20)10-21/h2-8,23H,1H3. The van der Waals surface area contributed by atoms with Crippen molar-refractivity contribution in [2.24, 2.45) is 0 Å². The molecule has 0 aliphatic carbocycles. The summed E-state index contributed by atoms with van der Waals surface area (Å²) < 4.78 is 5.75. The Kier molecular flexibility index (Phi) is 4.16. The third kappa shape index (κ3) is 3.17. The van der Waals surface area contributed by atoms with Gasteiger partial charge in [-0.3, -0.25) is 0 Å². The Bertz CT molecular complexity index is 1090. The summed E-state index contributed by atoms with van der Waals surface area (Å²) >= 11 is 0. The highest BCUT2D eigenvalue weighted by Gasteiger charge is 2.11. The van der Waals surface area contributed by atoms with E-state index in [-0.39, 0.29) is 11.3 Å². The normalized spacial score (nSPS) is 9.68. The van der Waals surface area contributed by atoms with Gasteiger partial charge in [-0.15, -0.1) is 0 Å². The molecule has 0 saturated carbocycles. The molecule has 0 spiro atoms. The summed E-state index contributed by atoms with van der Waals surface area (Å²) in [5.41, 5.74) is 3.38. The zero-order valence-corrected chi connectivity index (χ0v) is 13.2. The van der Waals surface area contributed by atoms with E-state index >= 15 is 0 Å². The van der Waals surface area contributed by atoms with Gasteiger partial charge < -0.3 is 9.73 Å². The van der Waals surface area contributed by atoms with E-state index in [1.54, 1.807) is 30.3 Å². The van der Waals surface area contributed by atoms with Crippen LogP contribution >= 0.6 is 0 Å². The number of hydrogen-bond acceptors (Lipinski definition) is 6. The van der Waals surface area contributed by atoms with Crippen molar-refractivity contribution < 1.29 is 4.42 Å². The molecule has 2 aromatic carbocycles. The van der Waals surface area contributed by atoms with Gasteiger partial charge in [-0.2, -0.15) is 15.8 Å². The molecule has 3 rings (SSSR count). The molecule has 0 radical (unpaired) electrons. The lowest BCUT2D eigenvalue weighted by Gasteiger charge is -2.03. The molecule has 1 aromatic heterocycles. The van der Waals surface area contributed by atoms with Crippen molar-refractivity contribution in [2.45, 2.75) is 6.92 Å². The van der Waals surface area contributed by atoms with Crippen molar-refractivity contribution >= 4 is 16.8 Å². The molecule has 6 heteroatoms. The molecule has 0 atom stereocenters. The molecule has 0 bridgehead atoms. The van der Waals surface area contributed by atoms with Crippen LogP contribution in [0.5, 0.6) is 0 Å². The minimum atomic E-state index is -0.275. The molecular weight excluding hydrogens is 314 g/mol. The maximum Gasteiger partial charge on any atom is 0.227 e. The summed E-state index contributed by atoms with van der Waals surface area (Å²) in [6.07, 6.45) is 0. The van der Waals surface area contributed by atoms with Crippen molar-refractivity contribution in [3.8, 4) is 29.7 Å². The third-order valence-corrected chi connectivity index (χ3v) is 3.54. The molecular formula is C19H11N5O. The molecule has 0 aliphatic heterocycles. The van der Waals surface area contributed by atoms with Crippen LogP contribution in [-0.4, -0.2) is 4.98 Å². The lowest BCUT2D eigenvalue weighted by molar-refractivity contribution is 0.620. The van der Waals surface area contributed by atoms with E-state index in [4.69, 9.17) is 20.2 Å². The Balaban J connectivity index is 1.98. The van der Waals surface area contributed by atoms with Crippen LogP contribution in [0, 0.1) is 40.9 Å². The van der Waals surface area contributed by atoms with E-state index in [0.29, 0.717) is 22.7 Å². The fraction of sp³-hybridized carbons (Fsp3) is 0.0526. The molecule has 25 heavy (non-hydrogen) atoms. The average molecular weight is 325 g/mol. The second-order valence-electron chi connectivity index (χ2n) is 5.28. The van der Waals surface area contributed by atoms with Crippen LogP contribution in [0.1, 0.15) is 5.56 Å². The molecule has 0 fully saturated rings. The first kappa shape index (κ1) is 15.8. The van der Waals surface area contributed by atoms with Gasteiger partial charge in [0, 0.05) is 11.3 Å². The summed E-state index contributed by atoms with van der Waals surface area (Å²) in [4.78, 5) is 4.46. The van der Waals surface area contributed by atoms with E-state index in [9.17, 15) is 0 Å². The Labute approximate surface area is 143 Å².